The average molecular weight is 344 g/mol. The molecule has 0 fully saturated rings. The predicted octanol–water partition coefficient (Wildman–Crippen LogP) is 1.74. The van der Waals surface area contributed by atoms with Crippen LogP contribution in [0.5, 0.6) is 0 Å². The number of hydrogen-bond donors (Lipinski definition) is 2. The molecule has 0 atom stereocenters. The molecule has 0 aliphatic carbocycles. The summed E-state index contributed by atoms with van der Waals surface area (Å²) in [6, 6.07) is 3.13. The summed E-state index contributed by atoms with van der Waals surface area (Å²) in [4.78, 5) is 17.3. The first kappa shape index (κ1) is 16.2. The van der Waals surface area contributed by atoms with Gasteiger partial charge in [-0.05, 0) is 38.8 Å². The molecule has 0 bridgehead atoms. The zero-order chi connectivity index (χ0) is 17.3. The number of fused-ring (bicyclic) bond motifs is 1. The van der Waals surface area contributed by atoms with Crippen LogP contribution in [-0.2, 0) is 6.54 Å². The van der Waals surface area contributed by atoms with Crippen molar-refractivity contribution in [2.75, 3.05) is 0 Å². The number of rotatable bonds is 3. The Morgan fingerprint density at radius 2 is 2.29 bits per heavy atom. The van der Waals surface area contributed by atoms with Crippen LogP contribution < -0.4 is 5.32 Å². The fourth-order valence-corrected chi connectivity index (χ4v) is 2.67. The third-order valence-corrected chi connectivity index (χ3v) is 3.78. The van der Waals surface area contributed by atoms with Crippen LogP contribution in [0.4, 0.5) is 0 Å². The summed E-state index contributed by atoms with van der Waals surface area (Å²) in [5.74, 6) is 5.44. The number of carbonyl (C=O) groups is 1. The summed E-state index contributed by atoms with van der Waals surface area (Å²) in [6.07, 6.45) is 1.78. The maximum atomic E-state index is 12.1. The van der Waals surface area contributed by atoms with Gasteiger partial charge in [-0.25, -0.2) is 9.50 Å². The van der Waals surface area contributed by atoms with Gasteiger partial charge in [-0.1, -0.05) is 17.3 Å². The van der Waals surface area contributed by atoms with Gasteiger partial charge in [0, 0.05) is 0 Å². The Kier molecular flexibility index (Phi) is 4.13. The van der Waals surface area contributed by atoms with E-state index in [-0.39, 0.29) is 18.2 Å². The number of aromatic nitrogens is 3. The highest BCUT2D eigenvalue weighted by Crippen LogP contribution is 2.13. The molecule has 0 aliphatic heterocycles. The van der Waals surface area contributed by atoms with Gasteiger partial charge >= 0.3 is 0 Å². The van der Waals surface area contributed by atoms with Crippen LogP contribution >= 0.6 is 11.3 Å². The smallest absolute Gasteiger partial charge is 0.287 e. The molecule has 124 valence electrons. The molecular formula is C16H16N4O3S. The van der Waals surface area contributed by atoms with E-state index in [2.05, 4.69) is 27.2 Å². The van der Waals surface area contributed by atoms with Gasteiger partial charge in [0.05, 0.1) is 18.4 Å². The third-order valence-electron chi connectivity index (χ3n) is 2.95. The number of amides is 1. The summed E-state index contributed by atoms with van der Waals surface area (Å²) < 4.78 is 7.05. The van der Waals surface area contributed by atoms with Crippen molar-refractivity contribution >= 4 is 22.2 Å². The Balaban J connectivity index is 1.63. The lowest BCUT2D eigenvalue weighted by Gasteiger charge is -2.05. The molecule has 3 aromatic heterocycles. The van der Waals surface area contributed by atoms with Gasteiger partial charge in [0.15, 0.2) is 11.5 Å². The lowest BCUT2D eigenvalue weighted by Crippen LogP contribution is -2.22. The molecule has 1 amide bonds. The lowest BCUT2D eigenvalue weighted by atomic mass is 10.1. The van der Waals surface area contributed by atoms with Gasteiger partial charge in [-0.3, -0.25) is 4.79 Å². The van der Waals surface area contributed by atoms with Crippen LogP contribution in [0, 0.1) is 18.8 Å². The number of nitrogens with zero attached hydrogens (tertiary/aromatic N) is 3. The molecule has 2 N–H and O–H groups in total. The van der Waals surface area contributed by atoms with Crippen molar-refractivity contribution in [1.29, 1.82) is 0 Å². The van der Waals surface area contributed by atoms with Crippen LogP contribution in [0.2, 0.25) is 0 Å². The zero-order valence-corrected chi connectivity index (χ0v) is 14.3. The summed E-state index contributed by atoms with van der Waals surface area (Å²) in [5.41, 5.74) is -0.397. The number of aryl methyl sites for hydroxylation is 1. The Morgan fingerprint density at radius 1 is 1.50 bits per heavy atom. The van der Waals surface area contributed by atoms with E-state index < -0.39 is 5.60 Å². The number of imidazole rings is 1. The second-order valence-electron chi connectivity index (χ2n) is 5.74. The summed E-state index contributed by atoms with van der Waals surface area (Å²) >= 11 is 1.49. The summed E-state index contributed by atoms with van der Waals surface area (Å²) in [7, 11) is 0. The molecule has 0 unspecified atom stereocenters. The summed E-state index contributed by atoms with van der Waals surface area (Å²) in [5, 5.41) is 17.5. The number of aliphatic hydroxyl groups is 1. The first-order valence-corrected chi connectivity index (χ1v) is 8.07. The molecule has 0 saturated heterocycles. The Hall–Kier alpha value is -2.63. The first-order chi connectivity index (χ1) is 11.3. The maximum absolute atomic E-state index is 12.1. The normalized spacial score (nSPS) is 11.3. The lowest BCUT2D eigenvalue weighted by molar-refractivity contribution is 0.0922. The SMILES string of the molecule is Cc1nn2cc(CNC(=O)c3ccc(C#CC(C)(C)O)o3)nc2s1. The standard InChI is InChI=1S/C16H16N4O3S/c1-10-19-20-9-11(18-15(20)24-10)8-17-14(21)13-5-4-12(23-13)6-7-16(2,3)22/h4-5,9,22H,8H2,1-3H3,(H,17,21). The number of nitrogens with one attached hydrogen (secondary N) is 1. The highest BCUT2D eigenvalue weighted by atomic mass is 32.1. The van der Waals surface area contributed by atoms with Crippen LogP contribution in [0.15, 0.2) is 22.7 Å². The van der Waals surface area contributed by atoms with Gasteiger partial charge in [-0.15, -0.1) is 0 Å². The van der Waals surface area contributed by atoms with Gasteiger partial charge in [0.25, 0.3) is 5.91 Å². The van der Waals surface area contributed by atoms with Crippen molar-refractivity contribution in [3.63, 3.8) is 0 Å². The first-order valence-electron chi connectivity index (χ1n) is 7.25. The average Bonchev–Trinajstić information content (AvgIpc) is 3.15. The molecule has 8 heteroatoms. The molecular weight excluding hydrogens is 328 g/mol. The minimum absolute atomic E-state index is 0.157. The zero-order valence-electron chi connectivity index (χ0n) is 13.5. The second-order valence-corrected chi connectivity index (χ2v) is 6.90. The molecule has 0 saturated carbocycles. The number of hydrogen-bond acceptors (Lipinski definition) is 6. The van der Waals surface area contributed by atoms with Gasteiger partial charge in [-0.2, -0.15) is 5.10 Å². The molecule has 7 nitrogen and oxygen atoms in total. The van der Waals surface area contributed by atoms with Crippen LogP contribution in [0.25, 0.3) is 4.96 Å². The fourth-order valence-electron chi connectivity index (χ4n) is 1.93. The molecule has 0 aromatic carbocycles. The second kappa shape index (κ2) is 6.11. The molecule has 3 heterocycles. The van der Waals surface area contributed by atoms with Crippen LogP contribution in [-0.4, -0.2) is 31.2 Å². The van der Waals surface area contributed by atoms with Crippen molar-refractivity contribution in [3.8, 4) is 11.8 Å². The molecule has 0 radical (unpaired) electrons. The Morgan fingerprint density at radius 3 is 3.00 bits per heavy atom. The molecule has 0 spiro atoms. The van der Waals surface area contributed by atoms with E-state index >= 15 is 0 Å². The van der Waals surface area contributed by atoms with Gasteiger partial charge in [0.1, 0.15) is 10.6 Å². The van der Waals surface area contributed by atoms with E-state index in [1.165, 1.54) is 11.3 Å². The van der Waals surface area contributed by atoms with Crippen molar-refractivity contribution in [1.82, 2.24) is 19.9 Å². The van der Waals surface area contributed by atoms with E-state index in [4.69, 9.17) is 4.42 Å². The topological polar surface area (TPSA) is 92.7 Å². The van der Waals surface area contributed by atoms with Crippen molar-refractivity contribution in [3.05, 3.63) is 40.6 Å². The van der Waals surface area contributed by atoms with Crippen molar-refractivity contribution in [2.24, 2.45) is 0 Å². The maximum Gasteiger partial charge on any atom is 0.287 e. The van der Waals surface area contributed by atoms with E-state index in [0.29, 0.717) is 5.76 Å². The van der Waals surface area contributed by atoms with E-state index in [9.17, 15) is 9.90 Å². The fraction of sp³-hybridized carbons (Fsp3) is 0.312. The highest BCUT2D eigenvalue weighted by Gasteiger charge is 2.13. The van der Waals surface area contributed by atoms with E-state index in [1.807, 2.05) is 6.92 Å². The highest BCUT2D eigenvalue weighted by molar-refractivity contribution is 7.16. The summed E-state index contributed by atoms with van der Waals surface area (Å²) in [6.45, 7) is 5.33. The van der Waals surface area contributed by atoms with Crippen LogP contribution in [0.1, 0.15) is 40.9 Å². The molecule has 24 heavy (non-hydrogen) atoms. The quantitative estimate of drug-likeness (QED) is 0.706. The van der Waals surface area contributed by atoms with Crippen molar-refractivity contribution in [2.45, 2.75) is 32.9 Å². The van der Waals surface area contributed by atoms with Gasteiger partial charge < -0.3 is 14.8 Å². The third kappa shape index (κ3) is 3.82. The molecule has 3 aromatic rings. The largest absolute Gasteiger partial charge is 0.443 e. The monoisotopic (exact) mass is 344 g/mol. The van der Waals surface area contributed by atoms with Crippen LogP contribution in [0.3, 0.4) is 0 Å². The van der Waals surface area contributed by atoms with Gasteiger partial charge in [0.2, 0.25) is 4.96 Å². The van der Waals surface area contributed by atoms with E-state index in [0.717, 1.165) is 15.7 Å². The minimum atomic E-state index is -1.12. The van der Waals surface area contributed by atoms with Crippen molar-refractivity contribution < 1.29 is 14.3 Å². The molecule has 0 aliphatic rings. The predicted molar refractivity (Wildman–Crippen MR) is 88.7 cm³/mol. The molecule has 3 rings (SSSR count). The van der Waals surface area contributed by atoms with E-state index in [1.54, 1.807) is 36.7 Å². The number of furan rings is 1. The minimum Gasteiger partial charge on any atom is -0.443 e. The Labute approximate surface area is 142 Å². The Bertz CT molecular complexity index is 918. The number of carbonyl (C=O) groups excluding carboxylic acids is 1.